The van der Waals surface area contributed by atoms with Crippen LogP contribution in [0.5, 0.6) is 11.5 Å². The second-order valence-electron chi connectivity index (χ2n) is 7.22. The zero-order valence-electron chi connectivity index (χ0n) is 16.1. The summed E-state index contributed by atoms with van der Waals surface area (Å²) in [7, 11) is 7.11. The second kappa shape index (κ2) is 7.52. The van der Waals surface area contributed by atoms with Crippen LogP contribution in [0.3, 0.4) is 0 Å². The highest BCUT2D eigenvalue weighted by Gasteiger charge is 2.51. The van der Waals surface area contributed by atoms with Gasteiger partial charge in [-0.3, -0.25) is 4.90 Å². The van der Waals surface area contributed by atoms with Crippen molar-refractivity contribution >= 4 is 0 Å². The molecule has 1 saturated heterocycles. The molecule has 1 aromatic rings. The zero-order chi connectivity index (χ0) is 18.0. The highest BCUT2D eigenvalue weighted by atomic mass is 16.5. The maximum atomic E-state index is 6.03. The first-order valence-electron chi connectivity index (χ1n) is 9.11. The van der Waals surface area contributed by atoms with Gasteiger partial charge in [0.1, 0.15) is 11.5 Å². The number of fused-ring (bicyclic) bond motifs is 1. The number of nitrogens with zero attached hydrogens (tertiary/aromatic N) is 1. The number of benzene rings is 1. The molecule has 0 unspecified atom stereocenters. The molecular formula is C20H31NO4. The molecule has 5 nitrogen and oxygen atoms in total. The molecule has 1 saturated carbocycles. The number of ether oxygens (including phenoxy) is 4. The molecule has 3 atom stereocenters. The van der Waals surface area contributed by atoms with Gasteiger partial charge in [-0.1, -0.05) is 6.07 Å². The quantitative estimate of drug-likeness (QED) is 0.789. The highest BCUT2D eigenvalue weighted by molar-refractivity contribution is 5.49. The van der Waals surface area contributed by atoms with Crippen molar-refractivity contribution < 1.29 is 18.9 Å². The van der Waals surface area contributed by atoms with Crippen molar-refractivity contribution in [2.24, 2.45) is 0 Å². The summed E-state index contributed by atoms with van der Waals surface area (Å²) in [4.78, 5) is 2.54. The van der Waals surface area contributed by atoms with Gasteiger partial charge in [0, 0.05) is 44.5 Å². The molecule has 0 N–H and O–H groups in total. The predicted molar refractivity (Wildman–Crippen MR) is 97.5 cm³/mol. The van der Waals surface area contributed by atoms with Crippen molar-refractivity contribution in [1.82, 2.24) is 4.90 Å². The molecule has 3 rings (SSSR count). The molecule has 1 aliphatic heterocycles. The Morgan fingerprint density at radius 1 is 1.12 bits per heavy atom. The molecule has 1 aliphatic carbocycles. The number of hydrogen-bond acceptors (Lipinski definition) is 5. The Labute approximate surface area is 151 Å². The zero-order valence-corrected chi connectivity index (χ0v) is 16.1. The van der Waals surface area contributed by atoms with Gasteiger partial charge in [0.15, 0.2) is 0 Å². The molecule has 0 aromatic heterocycles. The van der Waals surface area contributed by atoms with Crippen molar-refractivity contribution in [3.8, 4) is 11.5 Å². The molecule has 5 heteroatoms. The Bertz CT molecular complexity index is 606. The van der Waals surface area contributed by atoms with E-state index in [2.05, 4.69) is 11.0 Å². The lowest BCUT2D eigenvalue weighted by Gasteiger charge is -2.43. The van der Waals surface area contributed by atoms with Gasteiger partial charge >= 0.3 is 0 Å². The number of hydrogen-bond donors (Lipinski definition) is 0. The fourth-order valence-electron chi connectivity index (χ4n) is 4.74. The Kier molecular flexibility index (Phi) is 5.56. The van der Waals surface area contributed by atoms with E-state index in [0.717, 1.165) is 55.8 Å². The fourth-order valence-corrected chi connectivity index (χ4v) is 4.74. The van der Waals surface area contributed by atoms with Crippen LogP contribution in [0.15, 0.2) is 12.1 Å². The molecule has 0 amide bonds. The summed E-state index contributed by atoms with van der Waals surface area (Å²) in [5.74, 6) is 1.79. The van der Waals surface area contributed by atoms with E-state index in [1.807, 2.05) is 27.2 Å². The summed E-state index contributed by atoms with van der Waals surface area (Å²) >= 11 is 0. The first-order valence-corrected chi connectivity index (χ1v) is 9.11. The molecule has 0 spiro atoms. The first kappa shape index (κ1) is 18.5. The lowest BCUT2D eigenvalue weighted by molar-refractivity contribution is -0.0947. The molecule has 2 fully saturated rings. The minimum absolute atomic E-state index is 0.0240. The SMILES string of the molecule is COc1ccc(CN2CC[C@]3(OC)CC[C@@H](OC)C[C@H]23)c(OC)c1C. The Balaban J connectivity index is 1.84. The molecule has 140 valence electrons. The standard InChI is InChI=1S/C20H31NO4/c1-14-17(23-3)7-6-15(19(14)24-4)13-21-11-10-20(25-5)9-8-16(22-2)12-18(20)21/h6-7,16,18H,8-13H2,1-5H3/t16-,18+,20-/m1/s1. The third-order valence-corrected chi connectivity index (χ3v) is 6.22. The lowest BCUT2D eigenvalue weighted by atomic mass is 9.79. The van der Waals surface area contributed by atoms with E-state index in [4.69, 9.17) is 18.9 Å². The maximum Gasteiger partial charge on any atom is 0.129 e. The molecule has 25 heavy (non-hydrogen) atoms. The van der Waals surface area contributed by atoms with Crippen molar-refractivity contribution in [3.63, 3.8) is 0 Å². The van der Waals surface area contributed by atoms with Crippen LogP contribution < -0.4 is 9.47 Å². The van der Waals surface area contributed by atoms with Crippen LogP contribution in [0.4, 0.5) is 0 Å². The van der Waals surface area contributed by atoms with E-state index in [0.29, 0.717) is 12.1 Å². The highest BCUT2D eigenvalue weighted by Crippen LogP contribution is 2.44. The largest absolute Gasteiger partial charge is 0.496 e. The third kappa shape index (κ3) is 3.25. The molecule has 0 bridgehead atoms. The minimum Gasteiger partial charge on any atom is -0.496 e. The first-order chi connectivity index (χ1) is 12.1. The van der Waals surface area contributed by atoms with Crippen LogP contribution in [-0.2, 0) is 16.0 Å². The third-order valence-electron chi connectivity index (χ3n) is 6.22. The average Bonchev–Trinajstić information content (AvgIpc) is 3.00. The van der Waals surface area contributed by atoms with E-state index in [1.54, 1.807) is 14.2 Å². The molecule has 0 radical (unpaired) electrons. The predicted octanol–water partition coefficient (Wildman–Crippen LogP) is 3.17. The number of rotatable bonds is 6. The van der Waals surface area contributed by atoms with Crippen molar-refractivity contribution in [1.29, 1.82) is 0 Å². The van der Waals surface area contributed by atoms with Gasteiger partial charge in [0.2, 0.25) is 0 Å². The van der Waals surface area contributed by atoms with E-state index < -0.39 is 0 Å². The van der Waals surface area contributed by atoms with E-state index >= 15 is 0 Å². The summed E-state index contributed by atoms with van der Waals surface area (Å²) in [5, 5.41) is 0. The van der Waals surface area contributed by atoms with Crippen LogP contribution in [0.25, 0.3) is 0 Å². The summed E-state index contributed by atoms with van der Waals surface area (Å²) in [6.07, 6.45) is 4.60. The summed E-state index contributed by atoms with van der Waals surface area (Å²) in [6, 6.07) is 4.54. The summed E-state index contributed by atoms with van der Waals surface area (Å²) < 4.78 is 22.8. The second-order valence-corrected chi connectivity index (χ2v) is 7.22. The van der Waals surface area contributed by atoms with Gasteiger partial charge in [-0.2, -0.15) is 0 Å². The Morgan fingerprint density at radius 2 is 1.92 bits per heavy atom. The van der Waals surface area contributed by atoms with Crippen molar-refractivity contribution in [2.75, 3.05) is 35.0 Å². The van der Waals surface area contributed by atoms with Gasteiger partial charge < -0.3 is 18.9 Å². The smallest absolute Gasteiger partial charge is 0.129 e. The van der Waals surface area contributed by atoms with Gasteiger partial charge in [-0.25, -0.2) is 0 Å². The Morgan fingerprint density at radius 3 is 2.56 bits per heavy atom. The van der Waals surface area contributed by atoms with Crippen LogP contribution in [0, 0.1) is 6.92 Å². The number of methoxy groups -OCH3 is 4. The van der Waals surface area contributed by atoms with Crippen LogP contribution in [0.1, 0.15) is 36.8 Å². The van der Waals surface area contributed by atoms with E-state index in [9.17, 15) is 0 Å². The van der Waals surface area contributed by atoms with Gasteiger partial charge in [-0.05, 0) is 38.7 Å². The topological polar surface area (TPSA) is 40.2 Å². The monoisotopic (exact) mass is 349 g/mol. The van der Waals surface area contributed by atoms with Crippen LogP contribution >= 0.6 is 0 Å². The van der Waals surface area contributed by atoms with Crippen LogP contribution in [0.2, 0.25) is 0 Å². The normalized spacial score (nSPS) is 29.5. The summed E-state index contributed by atoms with van der Waals surface area (Å²) in [6.45, 7) is 3.95. The van der Waals surface area contributed by atoms with Gasteiger partial charge in [0.05, 0.1) is 25.9 Å². The van der Waals surface area contributed by atoms with E-state index in [1.165, 1.54) is 5.56 Å². The molecular weight excluding hydrogens is 318 g/mol. The lowest BCUT2D eigenvalue weighted by Crippen LogP contribution is -2.51. The molecule has 2 aliphatic rings. The van der Waals surface area contributed by atoms with Crippen molar-refractivity contribution in [2.45, 2.75) is 56.9 Å². The van der Waals surface area contributed by atoms with Crippen LogP contribution in [-0.4, -0.2) is 57.6 Å². The average molecular weight is 349 g/mol. The molecule has 1 aromatic carbocycles. The fraction of sp³-hybridized carbons (Fsp3) is 0.700. The van der Waals surface area contributed by atoms with Crippen molar-refractivity contribution in [3.05, 3.63) is 23.3 Å². The number of likely N-dealkylation sites (tertiary alicyclic amines) is 1. The molecule has 1 heterocycles. The summed E-state index contributed by atoms with van der Waals surface area (Å²) in [5.41, 5.74) is 2.23. The maximum absolute atomic E-state index is 6.03. The minimum atomic E-state index is -0.0240. The van der Waals surface area contributed by atoms with Gasteiger partial charge in [0.25, 0.3) is 0 Å². The Hall–Kier alpha value is -1.30. The van der Waals surface area contributed by atoms with Gasteiger partial charge in [-0.15, -0.1) is 0 Å². The van der Waals surface area contributed by atoms with E-state index in [-0.39, 0.29) is 5.60 Å².